The summed E-state index contributed by atoms with van der Waals surface area (Å²) in [6, 6.07) is 0. The summed E-state index contributed by atoms with van der Waals surface area (Å²) < 4.78 is 11.6. The van der Waals surface area contributed by atoms with Gasteiger partial charge in [-0.15, -0.1) is 11.6 Å². The van der Waals surface area contributed by atoms with Gasteiger partial charge in [0.25, 0.3) is 0 Å². The molecule has 3 heteroatoms. The molecule has 0 spiro atoms. The summed E-state index contributed by atoms with van der Waals surface area (Å²) in [7, 11) is 0. The Morgan fingerprint density at radius 1 is 1.06 bits per heavy atom. The molecule has 2 aliphatic carbocycles. The highest BCUT2D eigenvalue weighted by Crippen LogP contribution is 2.57. The Kier molecular flexibility index (Phi) is 2.09. The first-order valence-corrected chi connectivity index (χ1v) is 7.43. The van der Waals surface area contributed by atoms with Crippen LogP contribution in [0.15, 0.2) is 0 Å². The van der Waals surface area contributed by atoms with Crippen LogP contribution < -0.4 is 0 Å². The summed E-state index contributed by atoms with van der Waals surface area (Å²) in [5.74, 6) is 1.43. The molecule has 0 bridgehead atoms. The van der Waals surface area contributed by atoms with E-state index in [1.165, 1.54) is 25.7 Å². The van der Waals surface area contributed by atoms with Crippen molar-refractivity contribution in [3.8, 4) is 0 Å². The molecule has 7 unspecified atom stereocenters. The van der Waals surface area contributed by atoms with Gasteiger partial charge in [0.2, 0.25) is 0 Å². The van der Waals surface area contributed by atoms with Gasteiger partial charge in [0, 0.05) is 5.38 Å². The Bertz CT molecular complexity index is 360. The average Bonchev–Trinajstić information content (AvgIpc) is 3.09. The van der Waals surface area contributed by atoms with Crippen molar-refractivity contribution in [3.05, 3.63) is 0 Å². The highest BCUT2D eigenvalue weighted by molar-refractivity contribution is 6.21. The summed E-state index contributed by atoms with van der Waals surface area (Å²) in [5, 5.41) is 0.312. The Morgan fingerprint density at radius 3 is 2.53 bits per heavy atom. The minimum atomic E-state index is 0.127. The van der Waals surface area contributed by atoms with E-state index in [9.17, 15) is 0 Å². The number of alkyl halides is 1. The molecule has 2 nitrogen and oxygen atoms in total. The van der Waals surface area contributed by atoms with Crippen LogP contribution in [0.25, 0.3) is 0 Å². The number of halogens is 1. The molecule has 0 N–H and O–H groups in total. The van der Waals surface area contributed by atoms with Gasteiger partial charge in [-0.3, -0.25) is 0 Å². The topological polar surface area (TPSA) is 25.1 Å². The molecule has 2 saturated heterocycles. The summed E-state index contributed by atoms with van der Waals surface area (Å²) in [6.45, 7) is 4.47. The van der Waals surface area contributed by atoms with Gasteiger partial charge in [0.05, 0.1) is 23.4 Å². The third-order valence-electron chi connectivity index (χ3n) is 5.76. The van der Waals surface area contributed by atoms with Crippen LogP contribution in [0, 0.1) is 11.8 Å². The third-order valence-corrected chi connectivity index (χ3v) is 6.23. The zero-order chi connectivity index (χ0) is 11.8. The van der Waals surface area contributed by atoms with E-state index < -0.39 is 0 Å². The quantitative estimate of drug-likeness (QED) is 0.532. The first-order chi connectivity index (χ1) is 8.00. The number of rotatable bonds is 1. The molecule has 4 fully saturated rings. The fraction of sp³-hybridized carbons (Fsp3) is 1.00. The van der Waals surface area contributed by atoms with Gasteiger partial charge in [-0.25, -0.2) is 0 Å². The molecule has 17 heavy (non-hydrogen) atoms. The second kappa shape index (κ2) is 3.20. The molecule has 2 heterocycles. The summed E-state index contributed by atoms with van der Waals surface area (Å²) in [4.78, 5) is 0. The van der Waals surface area contributed by atoms with Crippen molar-refractivity contribution >= 4 is 11.6 Å². The van der Waals surface area contributed by atoms with Crippen molar-refractivity contribution in [2.24, 2.45) is 11.8 Å². The van der Waals surface area contributed by atoms with Crippen molar-refractivity contribution < 1.29 is 9.47 Å². The van der Waals surface area contributed by atoms with Crippen LogP contribution in [0.2, 0.25) is 0 Å². The summed E-state index contributed by atoms with van der Waals surface area (Å²) in [6.07, 6.45) is 7.00. The highest BCUT2D eigenvalue weighted by atomic mass is 35.5. The molecule has 2 aliphatic heterocycles. The van der Waals surface area contributed by atoms with E-state index in [1.807, 2.05) is 0 Å². The highest BCUT2D eigenvalue weighted by Gasteiger charge is 2.61. The van der Waals surface area contributed by atoms with Crippen LogP contribution in [-0.4, -0.2) is 28.8 Å². The van der Waals surface area contributed by atoms with Crippen LogP contribution in [0.1, 0.15) is 46.0 Å². The van der Waals surface area contributed by atoms with Crippen molar-refractivity contribution in [2.75, 3.05) is 0 Å². The number of ether oxygens (including phenoxy) is 2. The molecule has 0 aromatic carbocycles. The van der Waals surface area contributed by atoms with Gasteiger partial charge in [-0.05, 0) is 57.8 Å². The van der Waals surface area contributed by atoms with E-state index in [2.05, 4.69) is 13.8 Å². The molecule has 4 aliphatic rings. The number of epoxide rings is 2. The van der Waals surface area contributed by atoms with E-state index in [-0.39, 0.29) is 11.2 Å². The lowest BCUT2D eigenvalue weighted by atomic mass is 9.69. The maximum atomic E-state index is 6.60. The maximum Gasteiger partial charge on any atom is 0.0934 e. The Hall–Kier alpha value is 0.210. The molecular weight excluding hydrogens is 236 g/mol. The monoisotopic (exact) mass is 256 g/mol. The zero-order valence-corrected chi connectivity index (χ0v) is 11.4. The number of hydrogen-bond donors (Lipinski definition) is 0. The summed E-state index contributed by atoms with van der Waals surface area (Å²) in [5.41, 5.74) is 0.361. The first-order valence-electron chi connectivity index (χ1n) is 7.00. The molecule has 96 valence electrons. The molecule has 0 aromatic rings. The van der Waals surface area contributed by atoms with Gasteiger partial charge in [0.1, 0.15) is 0 Å². The zero-order valence-electron chi connectivity index (χ0n) is 10.6. The fourth-order valence-corrected chi connectivity index (χ4v) is 4.87. The van der Waals surface area contributed by atoms with Gasteiger partial charge in [-0.1, -0.05) is 0 Å². The maximum absolute atomic E-state index is 6.60. The standard InChI is InChI=1S/C14H21ClO2/c1-13-4-3-8(5-11(13)16-13)9-6-12-14(2,17-12)7-10(9)15/h8-12H,3-7H2,1-2H3. The molecule has 0 amide bonds. The largest absolute Gasteiger partial charge is 0.366 e. The van der Waals surface area contributed by atoms with E-state index in [0.717, 1.165) is 12.3 Å². The van der Waals surface area contributed by atoms with E-state index >= 15 is 0 Å². The molecule has 0 aromatic heterocycles. The first kappa shape index (κ1) is 11.1. The number of fused-ring (bicyclic) bond motifs is 2. The second-order valence-corrected chi connectivity index (χ2v) is 7.55. The number of hydrogen-bond acceptors (Lipinski definition) is 2. The minimum Gasteiger partial charge on any atom is -0.366 e. The van der Waals surface area contributed by atoms with Crippen molar-refractivity contribution in [2.45, 2.75) is 74.7 Å². The smallest absolute Gasteiger partial charge is 0.0934 e. The van der Waals surface area contributed by atoms with Crippen LogP contribution in [0.3, 0.4) is 0 Å². The SMILES string of the molecule is CC12CCC(C3CC4OC4(C)CC3Cl)CC1O2. The minimum absolute atomic E-state index is 0.127. The Morgan fingerprint density at radius 2 is 1.76 bits per heavy atom. The van der Waals surface area contributed by atoms with Gasteiger partial charge >= 0.3 is 0 Å². The normalized spacial score (nSPS) is 64.8. The van der Waals surface area contributed by atoms with Crippen LogP contribution in [0.4, 0.5) is 0 Å². The van der Waals surface area contributed by atoms with E-state index in [1.54, 1.807) is 0 Å². The van der Waals surface area contributed by atoms with Crippen molar-refractivity contribution in [3.63, 3.8) is 0 Å². The molecular formula is C14H21ClO2. The predicted octanol–water partition coefficient (Wildman–Crippen LogP) is 3.12. The van der Waals surface area contributed by atoms with Gasteiger partial charge < -0.3 is 9.47 Å². The summed E-state index contributed by atoms with van der Waals surface area (Å²) >= 11 is 6.60. The molecule has 4 rings (SSSR count). The third kappa shape index (κ3) is 1.60. The Labute approximate surface area is 108 Å². The van der Waals surface area contributed by atoms with Gasteiger partial charge in [0.15, 0.2) is 0 Å². The van der Waals surface area contributed by atoms with Crippen molar-refractivity contribution in [1.29, 1.82) is 0 Å². The van der Waals surface area contributed by atoms with Crippen LogP contribution in [0.5, 0.6) is 0 Å². The van der Waals surface area contributed by atoms with Crippen molar-refractivity contribution in [1.82, 2.24) is 0 Å². The average molecular weight is 257 g/mol. The predicted molar refractivity (Wildman–Crippen MR) is 66.3 cm³/mol. The van der Waals surface area contributed by atoms with E-state index in [0.29, 0.717) is 23.5 Å². The second-order valence-electron chi connectivity index (χ2n) is 6.99. The fourth-order valence-electron chi connectivity index (χ4n) is 4.25. The lowest BCUT2D eigenvalue weighted by Crippen LogP contribution is -2.37. The molecule has 7 atom stereocenters. The molecule has 2 saturated carbocycles. The van der Waals surface area contributed by atoms with Gasteiger partial charge in [-0.2, -0.15) is 0 Å². The lowest BCUT2D eigenvalue weighted by molar-refractivity contribution is 0.204. The van der Waals surface area contributed by atoms with Crippen LogP contribution in [-0.2, 0) is 9.47 Å². The lowest BCUT2D eigenvalue weighted by Gasteiger charge is -2.36. The molecule has 0 radical (unpaired) electrons. The van der Waals surface area contributed by atoms with E-state index in [4.69, 9.17) is 21.1 Å². The Balaban J connectivity index is 1.45. The van der Waals surface area contributed by atoms with Crippen LogP contribution >= 0.6 is 11.6 Å².